The third-order valence-electron chi connectivity index (χ3n) is 4.05. The highest BCUT2D eigenvalue weighted by Crippen LogP contribution is 2.34. The van der Waals surface area contributed by atoms with Crippen LogP contribution in [0.4, 0.5) is 5.69 Å². The van der Waals surface area contributed by atoms with Gasteiger partial charge in [-0.05, 0) is 30.3 Å². The molecule has 0 fully saturated rings. The van der Waals surface area contributed by atoms with E-state index in [4.69, 9.17) is 51.1 Å². The van der Waals surface area contributed by atoms with Crippen LogP contribution in [0.1, 0.15) is 0 Å². The molecule has 1 heterocycles. The second kappa shape index (κ2) is 10.6. The molecule has 2 aromatic carbocycles. The first-order valence-corrected chi connectivity index (χ1v) is 11.3. The van der Waals surface area contributed by atoms with Gasteiger partial charge in [0.05, 0.1) is 39.2 Å². The fraction of sp³-hybridized carbons (Fsp3) is 0.150. The molecule has 0 atom stereocenters. The van der Waals surface area contributed by atoms with Crippen LogP contribution >= 0.6 is 58.2 Å². The summed E-state index contributed by atoms with van der Waals surface area (Å²) in [7, 11) is 1.56. The highest BCUT2D eigenvalue weighted by molar-refractivity contribution is 7.99. The van der Waals surface area contributed by atoms with Gasteiger partial charge in [-0.3, -0.25) is 9.36 Å². The molecule has 0 saturated carbocycles. The SMILES string of the molecule is C=CCn1c(SCC(=O)Nc2cc(Cl)c(Cl)cc2Cl)nnc1-c1cc(Cl)ccc1OC. The van der Waals surface area contributed by atoms with Gasteiger partial charge in [-0.25, -0.2) is 0 Å². The van der Waals surface area contributed by atoms with Crippen molar-refractivity contribution < 1.29 is 9.53 Å². The minimum atomic E-state index is -0.291. The summed E-state index contributed by atoms with van der Waals surface area (Å²) in [5, 5.41) is 13.2. The van der Waals surface area contributed by atoms with Gasteiger partial charge < -0.3 is 10.1 Å². The van der Waals surface area contributed by atoms with Crippen molar-refractivity contribution >= 4 is 69.8 Å². The Morgan fingerprint density at radius 1 is 1.16 bits per heavy atom. The number of aromatic nitrogens is 3. The number of amides is 1. The molecule has 31 heavy (non-hydrogen) atoms. The Hall–Kier alpha value is -1.90. The number of carbonyl (C=O) groups is 1. The third kappa shape index (κ3) is 5.67. The largest absolute Gasteiger partial charge is 0.496 e. The Morgan fingerprint density at radius 2 is 1.90 bits per heavy atom. The maximum Gasteiger partial charge on any atom is 0.234 e. The first-order valence-electron chi connectivity index (χ1n) is 8.79. The molecule has 1 amide bonds. The molecule has 0 radical (unpaired) electrons. The van der Waals surface area contributed by atoms with E-state index in [1.165, 1.54) is 23.9 Å². The number of ether oxygens (including phenoxy) is 1. The molecule has 11 heteroatoms. The van der Waals surface area contributed by atoms with Crippen molar-refractivity contribution in [3.05, 3.63) is 63.1 Å². The summed E-state index contributed by atoms with van der Waals surface area (Å²) in [5.74, 6) is 0.930. The van der Waals surface area contributed by atoms with Crippen LogP contribution in [-0.2, 0) is 11.3 Å². The van der Waals surface area contributed by atoms with E-state index in [2.05, 4.69) is 22.1 Å². The van der Waals surface area contributed by atoms with Crippen molar-refractivity contribution in [2.24, 2.45) is 0 Å². The molecular weight excluding hydrogens is 502 g/mol. The zero-order chi connectivity index (χ0) is 22.5. The van der Waals surface area contributed by atoms with E-state index >= 15 is 0 Å². The van der Waals surface area contributed by atoms with Crippen LogP contribution in [0.3, 0.4) is 0 Å². The van der Waals surface area contributed by atoms with Crippen LogP contribution in [0.2, 0.25) is 20.1 Å². The van der Waals surface area contributed by atoms with Crippen molar-refractivity contribution in [3.63, 3.8) is 0 Å². The number of nitrogens with one attached hydrogen (secondary N) is 1. The summed E-state index contributed by atoms with van der Waals surface area (Å²) in [4.78, 5) is 12.4. The maximum absolute atomic E-state index is 12.4. The number of allylic oxidation sites excluding steroid dienone is 1. The molecule has 0 bridgehead atoms. The van der Waals surface area contributed by atoms with Crippen LogP contribution in [0.15, 0.2) is 48.1 Å². The molecule has 0 spiro atoms. The first-order chi connectivity index (χ1) is 14.8. The van der Waals surface area contributed by atoms with E-state index < -0.39 is 0 Å². The number of methoxy groups -OCH3 is 1. The molecule has 162 valence electrons. The number of rotatable bonds is 8. The van der Waals surface area contributed by atoms with Crippen LogP contribution in [-0.4, -0.2) is 33.5 Å². The predicted octanol–water partition coefficient (Wildman–Crippen LogP) is 6.48. The van der Waals surface area contributed by atoms with E-state index in [9.17, 15) is 4.79 Å². The van der Waals surface area contributed by atoms with Crippen LogP contribution < -0.4 is 10.1 Å². The average molecular weight is 518 g/mol. The molecule has 3 rings (SSSR count). The van der Waals surface area contributed by atoms with Crippen LogP contribution in [0.25, 0.3) is 11.4 Å². The van der Waals surface area contributed by atoms with E-state index in [-0.39, 0.29) is 16.7 Å². The third-order valence-corrected chi connectivity index (χ3v) is 6.28. The highest BCUT2D eigenvalue weighted by atomic mass is 35.5. The van der Waals surface area contributed by atoms with Crippen molar-refractivity contribution in [2.75, 3.05) is 18.2 Å². The minimum Gasteiger partial charge on any atom is -0.496 e. The molecule has 0 saturated heterocycles. The summed E-state index contributed by atoms with van der Waals surface area (Å²) >= 11 is 25.4. The first kappa shape index (κ1) is 23.8. The number of benzene rings is 2. The average Bonchev–Trinajstić information content (AvgIpc) is 3.13. The highest BCUT2D eigenvalue weighted by Gasteiger charge is 2.19. The molecule has 0 aliphatic rings. The summed E-state index contributed by atoms with van der Waals surface area (Å²) in [6.07, 6.45) is 1.71. The van der Waals surface area contributed by atoms with E-state index in [0.717, 1.165) is 0 Å². The molecule has 6 nitrogen and oxygen atoms in total. The lowest BCUT2D eigenvalue weighted by atomic mass is 10.2. The number of hydrogen-bond acceptors (Lipinski definition) is 5. The Bertz CT molecular complexity index is 1140. The van der Waals surface area contributed by atoms with Gasteiger partial charge in [-0.15, -0.1) is 16.8 Å². The lowest BCUT2D eigenvalue weighted by Gasteiger charge is -2.11. The number of thioether (sulfide) groups is 1. The summed E-state index contributed by atoms with van der Waals surface area (Å²) in [5.41, 5.74) is 1.06. The van der Waals surface area contributed by atoms with Gasteiger partial charge in [0.15, 0.2) is 11.0 Å². The number of halogens is 4. The van der Waals surface area contributed by atoms with Crippen molar-refractivity contribution in [1.82, 2.24) is 14.8 Å². The van der Waals surface area contributed by atoms with Crippen molar-refractivity contribution in [2.45, 2.75) is 11.7 Å². The predicted molar refractivity (Wildman–Crippen MR) is 128 cm³/mol. The molecular formula is C20H16Cl4N4O2S. The standard InChI is InChI=1S/C20H16Cl4N4O2S/c1-3-6-28-19(12-7-11(21)4-5-17(12)30-2)26-27-20(28)31-10-18(29)25-16-9-14(23)13(22)8-15(16)24/h3-5,7-9H,1,6,10H2,2H3,(H,25,29). The topological polar surface area (TPSA) is 69.0 Å². The van der Waals surface area contributed by atoms with Gasteiger partial charge in [-0.1, -0.05) is 64.2 Å². The zero-order valence-corrected chi connectivity index (χ0v) is 20.0. The lowest BCUT2D eigenvalue weighted by Crippen LogP contribution is -2.15. The Kier molecular flexibility index (Phi) is 8.13. The molecule has 3 aromatic rings. The smallest absolute Gasteiger partial charge is 0.234 e. The van der Waals surface area contributed by atoms with Gasteiger partial charge in [0.1, 0.15) is 5.75 Å². The second-order valence-electron chi connectivity index (χ2n) is 6.13. The number of anilines is 1. The van der Waals surface area contributed by atoms with Crippen LogP contribution in [0.5, 0.6) is 5.75 Å². The summed E-state index contributed by atoms with van der Waals surface area (Å²) in [6, 6.07) is 8.20. The fourth-order valence-electron chi connectivity index (χ4n) is 2.68. The Morgan fingerprint density at radius 3 is 2.61 bits per heavy atom. The summed E-state index contributed by atoms with van der Waals surface area (Å²) < 4.78 is 7.25. The summed E-state index contributed by atoms with van der Waals surface area (Å²) in [6.45, 7) is 4.22. The second-order valence-corrected chi connectivity index (χ2v) is 8.73. The van der Waals surface area contributed by atoms with Gasteiger partial charge >= 0.3 is 0 Å². The number of carbonyl (C=O) groups excluding carboxylic acids is 1. The van der Waals surface area contributed by atoms with Crippen molar-refractivity contribution in [3.8, 4) is 17.1 Å². The lowest BCUT2D eigenvalue weighted by molar-refractivity contribution is -0.113. The fourth-order valence-corrected chi connectivity index (χ4v) is 4.19. The van der Waals surface area contributed by atoms with Crippen LogP contribution in [0, 0.1) is 0 Å². The maximum atomic E-state index is 12.4. The Labute approximate surface area is 203 Å². The number of hydrogen-bond donors (Lipinski definition) is 1. The molecule has 0 unspecified atom stereocenters. The van der Waals surface area contributed by atoms with Gasteiger partial charge in [-0.2, -0.15) is 0 Å². The van der Waals surface area contributed by atoms with Gasteiger partial charge in [0.25, 0.3) is 0 Å². The minimum absolute atomic E-state index is 0.0680. The monoisotopic (exact) mass is 516 g/mol. The van der Waals surface area contributed by atoms with Gasteiger partial charge in [0, 0.05) is 11.6 Å². The van der Waals surface area contributed by atoms with Crippen molar-refractivity contribution in [1.29, 1.82) is 0 Å². The van der Waals surface area contributed by atoms with E-state index in [1.807, 2.05) is 4.57 Å². The van der Waals surface area contributed by atoms with E-state index in [1.54, 1.807) is 31.4 Å². The molecule has 1 N–H and O–H groups in total. The molecule has 0 aliphatic heterocycles. The molecule has 0 aliphatic carbocycles. The quantitative estimate of drug-likeness (QED) is 0.210. The number of nitrogens with zero attached hydrogens (tertiary/aromatic N) is 3. The Balaban J connectivity index is 1.80. The molecule has 1 aromatic heterocycles. The van der Waals surface area contributed by atoms with E-state index in [0.29, 0.717) is 49.6 Å². The van der Waals surface area contributed by atoms with Gasteiger partial charge in [0.2, 0.25) is 5.91 Å². The zero-order valence-electron chi connectivity index (χ0n) is 16.2. The normalized spacial score (nSPS) is 10.7.